The number of amides is 2. The molecule has 0 unspecified atom stereocenters. The highest BCUT2D eigenvalue weighted by Crippen LogP contribution is 2.35. The van der Waals surface area contributed by atoms with Gasteiger partial charge in [-0.1, -0.05) is 18.2 Å². The lowest BCUT2D eigenvalue weighted by molar-refractivity contribution is -0.138. The number of alkyl halides is 3. The molecule has 3 rings (SSSR count). The summed E-state index contributed by atoms with van der Waals surface area (Å²) in [6, 6.07) is 10.1. The zero-order valence-corrected chi connectivity index (χ0v) is 16.2. The van der Waals surface area contributed by atoms with Crippen LogP contribution in [0.1, 0.15) is 35.6 Å². The smallest absolute Gasteiger partial charge is 0.416 e. The SMILES string of the molecule is Cc1ccc(NC(=O)[C@H]2CCCN[C@H]2c2ccc(NC(=O)O)cc2)cc1C(F)(F)F. The van der Waals surface area contributed by atoms with Crippen molar-refractivity contribution in [2.45, 2.75) is 32.0 Å². The molecule has 4 N–H and O–H groups in total. The van der Waals surface area contributed by atoms with Crippen molar-refractivity contribution in [3.63, 3.8) is 0 Å². The van der Waals surface area contributed by atoms with Gasteiger partial charge in [0.05, 0.1) is 11.5 Å². The van der Waals surface area contributed by atoms with Crippen LogP contribution in [-0.2, 0) is 11.0 Å². The van der Waals surface area contributed by atoms with Crippen LogP contribution in [0, 0.1) is 12.8 Å². The van der Waals surface area contributed by atoms with Crippen molar-refractivity contribution in [1.82, 2.24) is 5.32 Å². The number of carbonyl (C=O) groups is 2. The molecule has 0 bridgehead atoms. The number of halogens is 3. The van der Waals surface area contributed by atoms with E-state index in [-0.39, 0.29) is 23.2 Å². The van der Waals surface area contributed by atoms with Crippen molar-refractivity contribution in [1.29, 1.82) is 0 Å². The molecule has 0 spiro atoms. The first-order valence-electron chi connectivity index (χ1n) is 9.47. The van der Waals surface area contributed by atoms with Crippen LogP contribution in [0.15, 0.2) is 42.5 Å². The van der Waals surface area contributed by atoms with Gasteiger partial charge in [0, 0.05) is 17.4 Å². The van der Waals surface area contributed by atoms with Crippen molar-refractivity contribution < 1.29 is 27.9 Å². The Kier molecular flexibility index (Phi) is 6.31. The van der Waals surface area contributed by atoms with E-state index in [4.69, 9.17) is 5.11 Å². The van der Waals surface area contributed by atoms with Crippen LogP contribution in [0.3, 0.4) is 0 Å². The number of rotatable bonds is 4. The zero-order valence-electron chi connectivity index (χ0n) is 16.2. The summed E-state index contributed by atoms with van der Waals surface area (Å²) in [6.07, 6.45) is -4.33. The van der Waals surface area contributed by atoms with Gasteiger partial charge < -0.3 is 15.7 Å². The second kappa shape index (κ2) is 8.74. The van der Waals surface area contributed by atoms with Gasteiger partial charge in [0.2, 0.25) is 5.91 Å². The Morgan fingerprint density at radius 1 is 1.07 bits per heavy atom. The van der Waals surface area contributed by atoms with Crippen LogP contribution < -0.4 is 16.0 Å². The van der Waals surface area contributed by atoms with Gasteiger partial charge in [0.1, 0.15) is 0 Å². The molecule has 30 heavy (non-hydrogen) atoms. The highest BCUT2D eigenvalue weighted by molar-refractivity contribution is 5.93. The fourth-order valence-electron chi connectivity index (χ4n) is 3.66. The molecule has 160 valence electrons. The molecule has 1 saturated heterocycles. The van der Waals surface area contributed by atoms with E-state index in [0.29, 0.717) is 18.7 Å². The average Bonchev–Trinajstić information content (AvgIpc) is 2.69. The van der Waals surface area contributed by atoms with Gasteiger partial charge in [-0.3, -0.25) is 10.1 Å². The third-order valence-corrected chi connectivity index (χ3v) is 5.13. The molecule has 0 radical (unpaired) electrons. The van der Waals surface area contributed by atoms with Crippen molar-refractivity contribution in [3.8, 4) is 0 Å². The first-order chi connectivity index (χ1) is 14.1. The summed E-state index contributed by atoms with van der Waals surface area (Å²) in [7, 11) is 0. The number of aryl methyl sites for hydroxylation is 1. The van der Waals surface area contributed by atoms with Gasteiger partial charge in [0.15, 0.2) is 0 Å². The molecule has 6 nitrogen and oxygen atoms in total. The minimum absolute atomic E-state index is 0.0905. The van der Waals surface area contributed by atoms with E-state index >= 15 is 0 Å². The summed E-state index contributed by atoms with van der Waals surface area (Å²) in [6.45, 7) is 2.07. The van der Waals surface area contributed by atoms with E-state index in [0.717, 1.165) is 18.1 Å². The van der Waals surface area contributed by atoms with E-state index in [1.807, 2.05) is 0 Å². The highest BCUT2D eigenvalue weighted by atomic mass is 19.4. The summed E-state index contributed by atoms with van der Waals surface area (Å²) < 4.78 is 39.5. The van der Waals surface area contributed by atoms with Gasteiger partial charge >= 0.3 is 12.3 Å². The molecule has 2 aromatic carbocycles. The van der Waals surface area contributed by atoms with Gasteiger partial charge in [-0.05, 0) is 61.7 Å². The second-order valence-electron chi connectivity index (χ2n) is 7.25. The molecule has 1 aliphatic rings. The molecule has 2 amide bonds. The van der Waals surface area contributed by atoms with Crippen LogP contribution in [0.2, 0.25) is 0 Å². The van der Waals surface area contributed by atoms with Crippen LogP contribution in [0.25, 0.3) is 0 Å². The highest BCUT2D eigenvalue weighted by Gasteiger charge is 2.34. The Balaban J connectivity index is 1.78. The summed E-state index contributed by atoms with van der Waals surface area (Å²) >= 11 is 0. The Hall–Kier alpha value is -3.07. The van der Waals surface area contributed by atoms with Crippen molar-refractivity contribution in [3.05, 3.63) is 59.2 Å². The summed E-state index contributed by atoms with van der Waals surface area (Å²) in [5, 5.41) is 16.9. The summed E-state index contributed by atoms with van der Waals surface area (Å²) in [4.78, 5) is 23.6. The average molecular weight is 421 g/mol. The molecule has 0 aliphatic carbocycles. The Labute approximate surface area is 171 Å². The monoisotopic (exact) mass is 421 g/mol. The van der Waals surface area contributed by atoms with Crippen LogP contribution in [0.5, 0.6) is 0 Å². The van der Waals surface area contributed by atoms with Gasteiger partial charge in [-0.2, -0.15) is 13.2 Å². The lowest BCUT2D eigenvalue weighted by Crippen LogP contribution is -2.40. The third kappa shape index (κ3) is 5.10. The number of hydrogen-bond acceptors (Lipinski definition) is 3. The standard InChI is InChI=1S/C21H22F3N3O3/c1-12-4-7-15(11-17(12)21(22,23)24)26-19(28)16-3-2-10-25-18(16)13-5-8-14(9-6-13)27-20(29)30/h4-9,11,16,18,25,27H,2-3,10H2,1H3,(H,26,28)(H,29,30)/t16-,18-/m0/s1. The van der Waals surface area contributed by atoms with Crippen molar-refractivity contribution >= 4 is 23.4 Å². The Bertz CT molecular complexity index is 929. The number of benzene rings is 2. The van der Waals surface area contributed by atoms with E-state index in [9.17, 15) is 22.8 Å². The molecular formula is C21H22F3N3O3. The lowest BCUT2D eigenvalue weighted by Gasteiger charge is -2.32. The molecule has 9 heteroatoms. The molecular weight excluding hydrogens is 399 g/mol. The van der Waals surface area contributed by atoms with E-state index in [1.165, 1.54) is 19.1 Å². The summed E-state index contributed by atoms with van der Waals surface area (Å²) in [5.74, 6) is -0.843. The fraction of sp³-hybridized carbons (Fsp3) is 0.333. The molecule has 1 fully saturated rings. The number of nitrogens with one attached hydrogen (secondary N) is 3. The largest absolute Gasteiger partial charge is 0.465 e. The number of carbonyl (C=O) groups excluding carboxylic acids is 1. The van der Waals surface area contributed by atoms with Gasteiger partial charge in [0.25, 0.3) is 0 Å². The first kappa shape index (κ1) is 21.6. The van der Waals surface area contributed by atoms with Crippen LogP contribution in [-0.4, -0.2) is 23.7 Å². The maximum absolute atomic E-state index is 13.2. The molecule has 2 atom stereocenters. The lowest BCUT2D eigenvalue weighted by atomic mass is 9.85. The Morgan fingerprint density at radius 3 is 2.37 bits per heavy atom. The topological polar surface area (TPSA) is 90.5 Å². The first-order valence-corrected chi connectivity index (χ1v) is 9.47. The molecule has 1 aliphatic heterocycles. The number of carboxylic acid groups (broad SMARTS) is 1. The van der Waals surface area contributed by atoms with Crippen LogP contribution >= 0.6 is 0 Å². The molecule has 0 saturated carbocycles. The van der Waals surface area contributed by atoms with Crippen molar-refractivity contribution in [2.75, 3.05) is 17.2 Å². The third-order valence-electron chi connectivity index (χ3n) is 5.13. The molecule has 1 heterocycles. The quantitative estimate of drug-likeness (QED) is 0.572. The van der Waals surface area contributed by atoms with Gasteiger partial charge in [-0.25, -0.2) is 4.79 Å². The van der Waals surface area contributed by atoms with Crippen LogP contribution in [0.4, 0.5) is 29.3 Å². The number of anilines is 2. The second-order valence-corrected chi connectivity index (χ2v) is 7.25. The van der Waals surface area contributed by atoms with Crippen molar-refractivity contribution in [2.24, 2.45) is 5.92 Å². The maximum atomic E-state index is 13.2. The molecule has 2 aromatic rings. The Morgan fingerprint density at radius 2 is 1.73 bits per heavy atom. The number of piperidine rings is 1. The zero-order chi connectivity index (χ0) is 21.9. The minimum Gasteiger partial charge on any atom is -0.465 e. The number of hydrogen-bond donors (Lipinski definition) is 4. The normalized spacial score (nSPS) is 19.2. The minimum atomic E-state index is -4.49. The van der Waals surface area contributed by atoms with E-state index in [2.05, 4.69) is 16.0 Å². The van der Waals surface area contributed by atoms with E-state index < -0.39 is 23.8 Å². The maximum Gasteiger partial charge on any atom is 0.416 e. The van der Waals surface area contributed by atoms with E-state index in [1.54, 1.807) is 24.3 Å². The predicted molar refractivity (Wildman–Crippen MR) is 106 cm³/mol. The van der Waals surface area contributed by atoms with Gasteiger partial charge in [-0.15, -0.1) is 0 Å². The summed E-state index contributed by atoms with van der Waals surface area (Å²) in [5.41, 5.74) is 0.615. The predicted octanol–water partition coefficient (Wildman–Crippen LogP) is 4.78. The molecule has 0 aromatic heterocycles. The fourth-order valence-corrected chi connectivity index (χ4v) is 3.66.